The molecule has 0 spiro atoms. The number of alkyl halides is 3. The molecule has 0 radical (unpaired) electrons. The van der Waals surface area contributed by atoms with Crippen LogP contribution in [-0.2, 0) is 9.53 Å². The lowest BCUT2D eigenvalue weighted by atomic mass is 9.99. The van der Waals surface area contributed by atoms with Crippen LogP contribution in [-0.4, -0.2) is 98.0 Å². The molecule has 3 aromatic heterocycles. The highest BCUT2D eigenvalue weighted by molar-refractivity contribution is 6.06. The van der Waals surface area contributed by atoms with Gasteiger partial charge >= 0.3 is 6.18 Å². The lowest BCUT2D eigenvalue weighted by molar-refractivity contribution is -0.147. The number of allylic oxidation sites excluding steroid dienone is 1. The first-order chi connectivity index (χ1) is 22.3. The second-order valence-corrected chi connectivity index (χ2v) is 12.3. The fourth-order valence-electron chi connectivity index (χ4n) is 6.60. The summed E-state index contributed by atoms with van der Waals surface area (Å²) in [6.07, 6.45) is 2.29. The normalized spacial score (nSPS) is 17.8. The lowest BCUT2D eigenvalue weighted by Crippen LogP contribution is -2.48. The zero-order valence-corrected chi connectivity index (χ0v) is 27.7. The molecule has 1 atom stereocenters. The van der Waals surface area contributed by atoms with Gasteiger partial charge in [-0.2, -0.15) is 13.2 Å². The molecule has 2 aliphatic rings. The number of fused-ring (bicyclic) bond motifs is 1. The number of ether oxygens (including phenoxy) is 1. The second-order valence-electron chi connectivity index (χ2n) is 12.3. The van der Waals surface area contributed by atoms with Crippen molar-refractivity contribution in [2.75, 3.05) is 63.7 Å². The van der Waals surface area contributed by atoms with Gasteiger partial charge in [-0.3, -0.25) is 14.5 Å². The topological polar surface area (TPSA) is 94.8 Å². The number of rotatable bonds is 10. The number of carbonyl (C=O) groups is 2. The van der Waals surface area contributed by atoms with E-state index in [4.69, 9.17) is 4.74 Å². The molecule has 1 N–H and O–H groups in total. The largest absolute Gasteiger partial charge is 0.500 e. The van der Waals surface area contributed by atoms with Gasteiger partial charge < -0.3 is 24.3 Å². The van der Waals surface area contributed by atoms with E-state index < -0.39 is 18.6 Å². The van der Waals surface area contributed by atoms with Gasteiger partial charge in [0.25, 0.3) is 11.8 Å². The standard InChI is InChI=1S/C34H42F3N7O3/c1-7-43(24-9-13-42(14-10-24)20-34(35,36)37)33-22(3)26(31(45)39-19-27-29(47-6)16-21(2)40-32(27)46)18-28-25(11-15-44(28)33)23-8-12-38-30(17-23)41(4)5/h8,11-12,15-18,24,27H,7,9-10,13-14,19-20H2,1-6H3,(H,39,45). The number of aromatic nitrogens is 2. The number of aliphatic imine (C=N–C) groups is 1. The third-order valence-corrected chi connectivity index (χ3v) is 8.93. The molecule has 0 bridgehead atoms. The summed E-state index contributed by atoms with van der Waals surface area (Å²) in [4.78, 5) is 40.8. The molecule has 5 heterocycles. The van der Waals surface area contributed by atoms with Gasteiger partial charge in [0.2, 0.25) is 0 Å². The number of methoxy groups -OCH3 is 1. The zero-order chi connectivity index (χ0) is 34.0. The average molecular weight is 654 g/mol. The summed E-state index contributed by atoms with van der Waals surface area (Å²) < 4.78 is 46.8. The van der Waals surface area contributed by atoms with Gasteiger partial charge in [-0.25, -0.2) is 9.98 Å². The molecular formula is C34H42F3N7O3. The molecule has 1 fully saturated rings. The van der Waals surface area contributed by atoms with E-state index in [1.54, 1.807) is 19.2 Å². The van der Waals surface area contributed by atoms with Gasteiger partial charge in [-0.15, -0.1) is 0 Å². The Bertz CT molecular complexity index is 1700. The Morgan fingerprint density at radius 3 is 2.51 bits per heavy atom. The highest BCUT2D eigenvalue weighted by atomic mass is 19.4. The van der Waals surface area contributed by atoms with Crippen LogP contribution in [0.15, 0.2) is 53.5 Å². The number of halogens is 3. The van der Waals surface area contributed by atoms with Crippen LogP contribution in [0.3, 0.4) is 0 Å². The second kappa shape index (κ2) is 13.8. The van der Waals surface area contributed by atoms with Crippen molar-refractivity contribution in [3.8, 4) is 11.1 Å². The summed E-state index contributed by atoms with van der Waals surface area (Å²) in [5.41, 5.74) is 4.33. The van der Waals surface area contributed by atoms with Crippen molar-refractivity contribution in [2.24, 2.45) is 10.9 Å². The third kappa shape index (κ3) is 7.29. The number of piperidine rings is 1. The third-order valence-electron chi connectivity index (χ3n) is 8.93. The first-order valence-corrected chi connectivity index (χ1v) is 15.8. The van der Waals surface area contributed by atoms with E-state index in [2.05, 4.69) is 24.6 Å². The van der Waals surface area contributed by atoms with Crippen LogP contribution < -0.4 is 15.1 Å². The lowest BCUT2D eigenvalue weighted by Gasteiger charge is -2.40. The van der Waals surface area contributed by atoms with E-state index in [1.807, 2.05) is 63.3 Å². The number of carbonyl (C=O) groups excluding carboxylic acids is 2. The Kier molecular flexibility index (Phi) is 9.94. The van der Waals surface area contributed by atoms with Crippen molar-refractivity contribution >= 4 is 34.7 Å². The molecule has 2 amide bonds. The van der Waals surface area contributed by atoms with Gasteiger partial charge in [0, 0.05) is 81.1 Å². The number of amides is 2. The quantitative estimate of drug-likeness (QED) is 0.325. The predicted molar refractivity (Wildman–Crippen MR) is 177 cm³/mol. The van der Waals surface area contributed by atoms with Crippen LogP contribution in [0.2, 0.25) is 0 Å². The van der Waals surface area contributed by atoms with E-state index in [0.29, 0.717) is 49.5 Å². The molecule has 13 heteroatoms. The van der Waals surface area contributed by atoms with Gasteiger partial charge in [0.1, 0.15) is 23.3 Å². The van der Waals surface area contributed by atoms with Gasteiger partial charge in [-0.05, 0) is 69.5 Å². The monoisotopic (exact) mass is 653 g/mol. The number of nitrogens with one attached hydrogen (secondary N) is 1. The number of hydrogen-bond acceptors (Lipinski definition) is 7. The molecule has 0 aliphatic carbocycles. The molecule has 0 saturated carbocycles. The maximum absolute atomic E-state index is 14.0. The van der Waals surface area contributed by atoms with E-state index in [-0.39, 0.29) is 24.4 Å². The van der Waals surface area contributed by atoms with Crippen LogP contribution in [0.4, 0.5) is 24.8 Å². The van der Waals surface area contributed by atoms with Crippen molar-refractivity contribution in [3.63, 3.8) is 0 Å². The minimum atomic E-state index is -4.24. The number of likely N-dealkylation sites (tertiary alicyclic amines) is 1. The summed E-state index contributed by atoms with van der Waals surface area (Å²) >= 11 is 0. The number of pyridine rings is 2. The Morgan fingerprint density at radius 2 is 1.87 bits per heavy atom. The number of anilines is 2. The summed E-state index contributed by atoms with van der Waals surface area (Å²) in [6.45, 7) is 5.97. The van der Waals surface area contributed by atoms with Crippen molar-refractivity contribution in [3.05, 3.63) is 59.6 Å². The van der Waals surface area contributed by atoms with E-state index in [1.165, 1.54) is 12.0 Å². The predicted octanol–water partition coefficient (Wildman–Crippen LogP) is 5.11. The van der Waals surface area contributed by atoms with Crippen LogP contribution in [0.5, 0.6) is 0 Å². The molecule has 3 aromatic rings. The Hall–Kier alpha value is -4.39. The van der Waals surface area contributed by atoms with Crippen molar-refractivity contribution < 1.29 is 27.5 Å². The van der Waals surface area contributed by atoms with E-state index in [9.17, 15) is 22.8 Å². The minimum Gasteiger partial charge on any atom is -0.500 e. The molecule has 47 heavy (non-hydrogen) atoms. The molecule has 1 unspecified atom stereocenters. The van der Waals surface area contributed by atoms with Gasteiger partial charge in [-0.1, -0.05) is 0 Å². The Balaban J connectivity index is 1.55. The van der Waals surface area contributed by atoms with Crippen LogP contribution in [0.1, 0.15) is 42.6 Å². The highest BCUT2D eigenvalue weighted by Gasteiger charge is 2.35. The zero-order valence-electron chi connectivity index (χ0n) is 27.7. The summed E-state index contributed by atoms with van der Waals surface area (Å²) in [5.74, 6) is 0.553. The summed E-state index contributed by atoms with van der Waals surface area (Å²) in [7, 11) is 5.32. The van der Waals surface area contributed by atoms with Crippen molar-refractivity contribution in [2.45, 2.75) is 45.8 Å². The number of nitrogens with zero attached hydrogens (tertiary/aromatic N) is 6. The average Bonchev–Trinajstić information content (AvgIpc) is 3.45. The molecule has 10 nitrogen and oxygen atoms in total. The van der Waals surface area contributed by atoms with Gasteiger partial charge in [0.05, 0.1) is 19.2 Å². The first-order valence-electron chi connectivity index (χ1n) is 15.8. The van der Waals surface area contributed by atoms with E-state index >= 15 is 0 Å². The fourth-order valence-corrected chi connectivity index (χ4v) is 6.60. The van der Waals surface area contributed by atoms with E-state index in [0.717, 1.165) is 33.8 Å². The first kappa shape index (κ1) is 34.0. The summed E-state index contributed by atoms with van der Waals surface area (Å²) in [5, 5.41) is 2.94. The van der Waals surface area contributed by atoms with Crippen LogP contribution in [0.25, 0.3) is 16.6 Å². The van der Waals surface area contributed by atoms with Crippen LogP contribution in [0, 0.1) is 12.8 Å². The SMILES string of the molecule is CCN(c1c(C)c(C(=O)NCC2C(=O)N=C(C)C=C2OC)cc2c(-c3ccnc(N(C)C)c3)ccn12)C1CCN(CC(F)(F)F)CC1. The maximum atomic E-state index is 14.0. The molecule has 252 valence electrons. The number of hydrogen-bond donors (Lipinski definition) is 1. The summed E-state index contributed by atoms with van der Waals surface area (Å²) in [6, 6.07) is 7.75. The van der Waals surface area contributed by atoms with Crippen molar-refractivity contribution in [1.82, 2.24) is 19.6 Å². The Labute approximate surface area is 272 Å². The molecular weight excluding hydrogens is 611 g/mol. The molecule has 5 rings (SSSR count). The van der Waals surface area contributed by atoms with Gasteiger partial charge in [0.15, 0.2) is 0 Å². The molecule has 1 saturated heterocycles. The minimum absolute atomic E-state index is 0.00759. The Morgan fingerprint density at radius 1 is 1.15 bits per heavy atom. The maximum Gasteiger partial charge on any atom is 0.401 e. The smallest absolute Gasteiger partial charge is 0.401 e. The van der Waals surface area contributed by atoms with Crippen molar-refractivity contribution in [1.29, 1.82) is 0 Å². The highest BCUT2D eigenvalue weighted by Crippen LogP contribution is 2.36. The van der Waals surface area contributed by atoms with Crippen LogP contribution >= 0.6 is 0 Å². The molecule has 2 aliphatic heterocycles. The molecule has 0 aromatic carbocycles. The fraction of sp³-hybridized carbons (Fsp3) is 0.471. The number of dihydropyridines is 1.